The summed E-state index contributed by atoms with van der Waals surface area (Å²) in [7, 11) is 3.00. The molecule has 6 nitrogen and oxygen atoms in total. The van der Waals surface area contributed by atoms with Crippen molar-refractivity contribution in [1.82, 2.24) is 4.98 Å². The van der Waals surface area contributed by atoms with Crippen molar-refractivity contribution in [3.8, 4) is 11.5 Å². The fourth-order valence-corrected chi connectivity index (χ4v) is 3.00. The van der Waals surface area contributed by atoms with Crippen LogP contribution in [0.1, 0.15) is 33.2 Å². The van der Waals surface area contributed by atoms with Gasteiger partial charge >= 0.3 is 5.97 Å². The van der Waals surface area contributed by atoms with E-state index in [9.17, 15) is 9.59 Å². The van der Waals surface area contributed by atoms with Crippen LogP contribution < -0.4 is 9.47 Å². The molecule has 0 aliphatic rings. The summed E-state index contributed by atoms with van der Waals surface area (Å²) in [6.07, 6.45) is 2.52. The number of ketones is 1. The topological polar surface area (TPSA) is 77.6 Å². The summed E-state index contributed by atoms with van der Waals surface area (Å²) in [6, 6.07) is 10.5. The van der Waals surface area contributed by atoms with Crippen LogP contribution in [0.25, 0.3) is 10.9 Å². The second kappa shape index (κ2) is 7.95. The lowest BCUT2D eigenvalue weighted by molar-refractivity contribution is 0.0475. The molecule has 2 aromatic carbocycles. The third-order valence-corrected chi connectivity index (χ3v) is 4.44. The quantitative estimate of drug-likeness (QED) is 0.508. The van der Waals surface area contributed by atoms with Gasteiger partial charge in [0.15, 0.2) is 18.1 Å². The van der Waals surface area contributed by atoms with Crippen LogP contribution in [0, 0.1) is 0 Å². The molecule has 0 amide bonds. The van der Waals surface area contributed by atoms with Crippen LogP contribution in [0.4, 0.5) is 0 Å². The number of esters is 1. The van der Waals surface area contributed by atoms with Crippen molar-refractivity contribution >= 4 is 22.7 Å². The monoisotopic (exact) mass is 367 g/mol. The number of aryl methyl sites for hydroxylation is 1. The number of ether oxygens (including phenoxy) is 3. The van der Waals surface area contributed by atoms with Crippen molar-refractivity contribution in [3.63, 3.8) is 0 Å². The second-order valence-electron chi connectivity index (χ2n) is 5.96. The number of fused-ring (bicyclic) bond motifs is 1. The lowest BCUT2D eigenvalue weighted by Gasteiger charge is -2.09. The van der Waals surface area contributed by atoms with E-state index >= 15 is 0 Å². The van der Waals surface area contributed by atoms with E-state index in [4.69, 9.17) is 14.2 Å². The molecule has 27 heavy (non-hydrogen) atoms. The largest absolute Gasteiger partial charge is 0.493 e. The van der Waals surface area contributed by atoms with Crippen LogP contribution in [-0.2, 0) is 11.2 Å². The normalized spacial score (nSPS) is 10.6. The molecule has 1 aromatic heterocycles. The van der Waals surface area contributed by atoms with Gasteiger partial charge in [0.1, 0.15) is 0 Å². The zero-order valence-corrected chi connectivity index (χ0v) is 15.5. The summed E-state index contributed by atoms with van der Waals surface area (Å²) < 4.78 is 15.5. The maximum atomic E-state index is 12.5. The molecule has 1 heterocycles. The Kier molecular flexibility index (Phi) is 5.45. The Balaban J connectivity index is 1.73. The van der Waals surface area contributed by atoms with E-state index in [2.05, 4.69) is 11.9 Å². The highest BCUT2D eigenvalue weighted by Crippen LogP contribution is 2.28. The molecule has 3 aromatic rings. The molecule has 140 valence electrons. The van der Waals surface area contributed by atoms with Gasteiger partial charge in [-0.25, -0.2) is 4.79 Å². The zero-order chi connectivity index (χ0) is 19.4. The number of carbonyl (C=O) groups is 2. The third-order valence-electron chi connectivity index (χ3n) is 4.44. The number of aromatic amines is 1. The number of para-hydroxylation sites is 1. The SMILES string of the molecule is CCc1cccc2c(C(=O)COC(=O)c3ccc(OC)c(OC)c3)c[nH]c12. The first-order chi connectivity index (χ1) is 13.1. The molecule has 0 aliphatic carbocycles. The van der Waals surface area contributed by atoms with Gasteiger partial charge in [0.2, 0.25) is 5.78 Å². The highest BCUT2D eigenvalue weighted by molar-refractivity contribution is 6.09. The van der Waals surface area contributed by atoms with Crippen molar-refractivity contribution in [2.45, 2.75) is 13.3 Å². The maximum absolute atomic E-state index is 12.5. The number of rotatable bonds is 7. The molecule has 0 radical (unpaired) electrons. The molecular formula is C21H21NO5. The predicted octanol–water partition coefficient (Wildman–Crippen LogP) is 3.79. The number of carbonyl (C=O) groups excluding carboxylic acids is 2. The number of nitrogens with one attached hydrogen (secondary N) is 1. The van der Waals surface area contributed by atoms with Gasteiger partial charge in [-0.05, 0) is 30.2 Å². The smallest absolute Gasteiger partial charge is 0.338 e. The number of Topliss-reactive ketones (excluding diaryl/α,β-unsaturated/α-hetero) is 1. The molecule has 0 saturated carbocycles. The van der Waals surface area contributed by atoms with Crippen LogP contribution in [0.15, 0.2) is 42.6 Å². The van der Waals surface area contributed by atoms with Gasteiger partial charge in [0, 0.05) is 22.7 Å². The third kappa shape index (κ3) is 3.65. The first-order valence-electron chi connectivity index (χ1n) is 8.60. The Hall–Kier alpha value is -3.28. The fourth-order valence-electron chi connectivity index (χ4n) is 3.00. The lowest BCUT2D eigenvalue weighted by Crippen LogP contribution is -2.14. The molecular weight excluding hydrogens is 346 g/mol. The van der Waals surface area contributed by atoms with E-state index in [0.717, 1.165) is 22.9 Å². The number of aromatic nitrogens is 1. The van der Waals surface area contributed by atoms with E-state index in [0.29, 0.717) is 17.1 Å². The minimum atomic E-state index is -0.599. The summed E-state index contributed by atoms with van der Waals surface area (Å²) in [5, 5.41) is 0.835. The van der Waals surface area contributed by atoms with E-state index in [1.54, 1.807) is 18.3 Å². The highest BCUT2D eigenvalue weighted by atomic mass is 16.5. The standard InChI is InChI=1S/C21H21NO5/c1-4-13-6-5-7-15-16(11-22-20(13)15)17(23)12-27-21(24)14-8-9-18(25-2)19(10-14)26-3/h5-11,22H,4,12H2,1-3H3. The molecule has 0 saturated heterocycles. The number of benzene rings is 2. The van der Waals surface area contributed by atoms with Gasteiger partial charge in [-0.3, -0.25) is 4.79 Å². The van der Waals surface area contributed by atoms with Crippen LogP contribution in [0.2, 0.25) is 0 Å². The Morgan fingerprint density at radius 2 is 1.81 bits per heavy atom. The molecule has 0 fully saturated rings. The van der Waals surface area contributed by atoms with E-state index in [1.165, 1.54) is 20.3 Å². The van der Waals surface area contributed by atoms with Gasteiger partial charge in [-0.15, -0.1) is 0 Å². The molecule has 3 rings (SSSR count). The van der Waals surface area contributed by atoms with Crippen LogP contribution in [0.3, 0.4) is 0 Å². The number of H-pyrrole nitrogens is 1. The van der Waals surface area contributed by atoms with Gasteiger partial charge in [0.25, 0.3) is 0 Å². The van der Waals surface area contributed by atoms with Crippen molar-refractivity contribution < 1.29 is 23.8 Å². The molecule has 0 unspecified atom stereocenters. The second-order valence-corrected chi connectivity index (χ2v) is 5.96. The minimum Gasteiger partial charge on any atom is -0.493 e. The predicted molar refractivity (Wildman–Crippen MR) is 102 cm³/mol. The molecule has 1 N–H and O–H groups in total. The molecule has 0 spiro atoms. The average molecular weight is 367 g/mol. The summed E-state index contributed by atoms with van der Waals surface area (Å²) in [6.45, 7) is 1.72. The first kappa shape index (κ1) is 18.5. The Bertz CT molecular complexity index is 989. The van der Waals surface area contributed by atoms with Gasteiger partial charge in [-0.2, -0.15) is 0 Å². The summed E-state index contributed by atoms with van der Waals surface area (Å²) in [5.41, 5.74) is 2.87. The summed E-state index contributed by atoms with van der Waals surface area (Å²) in [4.78, 5) is 28.0. The highest BCUT2D eigenvalue weighted by Gasteiger charge is 2.17. The van der Waals surface area contributed by atoms with E-state index < -0.39 is 5.97 Å². The zero-order valence-electron chi connectivity index (χ0n) is 15.5. The number of hydrogen-bond acceptors (Lipinski definition) is 5. The van der Waals surface area contributed by atoms with Crippen LogP contribution in [-0.4, -0.2) is 37.6 Å². The van der Waals surface area contributed by atoms with Crippen molar-refractivity contribution in [1.29, 1.82) is 0 Å². The lowest BCUT2D eigenvalue weighted by atomic mass is 10.1. The molecule has 0 bridgehead atoms. The Morgan fingerprint density at radius 3 is 2.52 bits per heavy atom. The minimum absolute atomic E-state index is 0.261. The summed E-state index contributed by atoms with van der Waals surface area (Å²) >= 11 is 0. The molecule has 0 aliphatic heterocycles. The number of hydrogen-bond donors (Lipinski definition) is 1. The van der Waals surface area contributed by atoms with Crippen molar-refractivity contribution in [3.05, 3.63) is 59.3 Å². The Labute approximate surface area is 157 Å². The van der Waals surface area contributed by atoms with Gasteiger partial charge in [0.05, 0.1) is 19.8 Å². The average Bonchev–Trinajstić information content (AvgIpc) is 3.15. The molecule has 6 heteroatoms. The Morgan fingerprint density at radius 1 is 1.04 bits per heavy atom. The number of methoxy groups -OCH3 is 2. The fraction of sp³-hybridized carbons (Fsp3) is 0.238. The maximum Gasteiger partial charge on any atom is 0.338 e. The van der Waals surface area contributed by atoms with Crippen molar-refractivity contribution in [2.24, 2.45) is 0 Å². The van der Waals surface area contributed by atoms with Crippen molar-refractivity contribution in [2.75, 3.05) is 20.8 Å². The van der Waals surface area contributed by atoms with E-state index in [-0.39, 0.29) is 18.0 Å². The molecule has 0 atom stereocenters. The first-order valence-corrected chi connectivity index (χ1v) is 8.60. The summed E-state index contributed by atoms with van der Waals surface area (Å²) in [5.74, 6) is 0.0689. The van der Waals surface area contributed by atoms with Gasteiger partial charge in [-0.1, -0.05) is 25.1 Å². The van der Waals surface area contributed by atoms with Crippen LogP contribution in [0.5, 0.6) is 11.5 Å². The van der Waals surface area contributed by atoms with Gasteiger partial charge < -0.3 is 19.2 Å². The van der Waals surface area contributed by atoms with Crippen LogP contribution >= 0.6 is 0 Å². The van der Waals surface area contributed by atoms with E-state index in [1.807, 2.05) is 18.2 Å².